The Labute approximate surface area is 143 Å². The maximum Gasteiger partial charge on any atom is 0.320 e. The quantitative estimate of drug-likeness (QED) is 0.533. The minimum atomic E-state index is -0.561. The third kappa shape index (κ3) is 3.82. The lowest BCUT2D eigenvalue weighted by Gasteiger charge is -2.14. The molecule has 2 amide bonds. The van der Waals surface area contributed by atoms with E-state index in [1.807, 2.05) is 6.92 Å². The Kier molecular flexibility index (Phi) is 4.73. The van der Waals surface area contributed by atoms with Crippen molar-refractivity contribution in [2.45, 2.75) is 19.9 Å². The number of nitrogens with zero attached hydrogens (tertiary/aromatic N) is 3. The van der Waals surface area contributed by atoms with Crippen molar-refractivity contribution in [1.82, 2.24) is 25.5 Å². The molecular weight excluding hydrogens is 325 g/mol. The molecule has 0 saturated heterocycles. The van der Waals surface area contributed by atoms with E-state index in [1.165, 1.54) is 12.3 Å². The monoisotopic (exact) mass is 343 g/mol. The van der Waals surface area contributed by atoms with Crippen LogP contribution >= 0.6 is 0 Å². The van der Waals surface area contributed by atoms with Crippen LogP contribution in [-0.2, 0) is 0 Å². The predicted octanol–water partition coefficient (Wildman–Crippen LogP) is 2.81. The van der Waals surface area contributed by atoms with Crippen LogP contribution in [0.15, 0.2) is 30.6 Å². The van der Waals surface area contributed by atoms with Crippen molar-refractivity contribution < 1.29 is 9.18 Å². The van der Waals surface area contributed by atoms with Gasteiger partial charge in [0.15, 0.2) is 5.82 Å². The molecule has 3 rings (SSSR count). The van der Waals surface area contributed by atoms with E-state index in [4.69, 9.17) is 0 Å². The standard InChI is InChI=1S/C16H18FN7O/c1-3-18-15-11-8-20-14(6-12(11)23-24-15)22-16(25)21-9(2)10-4-5-13(17)19-7-10/h4-9H,3H2,1-2H3,(H2,18,23,24)(H2,20,21,22,25). The molecule has 0 aromatic carbocycles. The molecule has 0 radical (unpaired) electrons. The normalized spacial score (nSPS) is 12.0. The molecule has 0 aliphatic rings. The highest BCUT2D eigenvalue weighted by Gasteiger charge is 2.12. The second-order valence-corrected chi connectivity index (χ2v) is 5.45. The molecule has 0 bridgehead atoms. The average Bonchev–Trinajstić information content (AvgIpc) is 2.98. The van der Waals surface area contributed by atoms with Crippen molar-refractivity contribution in [3.05, 3.63) is 42.1 Å². The van der Waals surface area contributed by atoms with Crippen LogP contribution < -0.4 is 16.0 Å². The Morgan fingerprint density at radius 3 is 2.88 bits per heavy atom. The summed E-state index contributed by atoms with van der Waals surface area (Å²) in [5.41, 5.74) is 1.46. The maximum atomic E-state index is 12.8. The zero-order valence-corrected chi connectivity index (χ0v) is 13.8. The molecule has 8 nitrogen and oxygen atoms in total. The second kappa shape index (κ2) is 7.12. The van der Waals surface area contributed by atoms with Gasteiger partial charge in [-0.1, -0.05) is 6.07 Å². The first-order chi connectivity index (χ1) is 12.1. The van der Waals surface area contributed by atoms with E-state index < -0.39 is 12.0 Å². The zero-order chi connectivity index (χ0) is 17.8. The van der Waals surface area contributed by atoms with Gasteiger partial charge in [0.1, 0.15) is 5.82 Å². The lowest BCUT2D eigenvalue weighted by molar-refractivity contribution is 0.249. The number of amides is 2. The van der Waals surface area contributed by atoms with Crippen molar-refractivity contribution in [3.63, 3.8) is 0 Å². The van der Waals surface area contributed by atoms with Crippen molar-refractivity contribution >= 4 is 28.6 Å². The summed E-state index contributed by atoms with van der Waals surface area (Å²) < 4.78 is 12.8. The highest BCUT2D eigenvalue weighted by molar-refractivity contribution is 5.94. The van der Waals surface area contributed by atoms with E-state index >= 15 is 0 Å². The van der Waals surface area contributed by atoms with Crippen LogP contribution in [0.5, 0.6) is 0 Å². The number of pyridine rings is 2. The van der Waals surface area contributed by atoms with Crippen molar-refractivity contribution in [3.8, 4) is 0 Å². The Hall–Kier alpha value is -3.23. The fourth-order valence-corrected chi connectivity index (χ4v) is 2.36. The van der Waals surface area contributed by atoms with Gasteiger partial charge in [0.25, 0.3) is 0 Å². The Bertz CT molecular complexity index is 878. The number of halogens is 1. The van der Waals surface area contributed by atoms with E-state index in [-0.39, 0.29) is 6.04 Å². The van der Waals surface area contributed by atoms with E-state index in [0.29, 0.717) is 11.4 Å². The summed E-state index contributed by atoms with van der Waals surface area (Å²) in [6.07, 6.45) is 3.03. The highest BCUT2D eigenvalue weighted by Crippen LogP contribution is 2.21. The lowest BCUT2D eigenvalue weighted by Crippen LogP contribution is -2.31. The van der Waals surface area contributed by atoms with Crippen LogP contribution in [0.2, 0.25) is 0 Å². The van der Waals surface area contributed by atoms with Gasteiger partial charge in [0.2, 0.25) is 5.95 Å². The average molecular weight is 343 g/mol. The highest BCUT2D eigenvalue weighted by atomic mass is 19.1. The molecule has 3 aromatic heterocycles. The molecule has 0 saturated carbocycles. The molecule has 4 N–H and O–H groups in total. The van der Waals surface area contributed by atoms with Gasteiger partial charge in [0, 0.05) is 25.0 Å². The molecule has 1 unspecified atom stereocenters. The summed E-state index contributed by atoms with van der Waals surface area (Å²) in [5, 5.41) is 16.4. The van der Waals surface area contributed by atoms with Gasteiger partial charge in [-0.25, -0.2) is 14.8 Å². The predicted molar refractivity (Wildman–Crippen MR) is 92.8 cm³/mol. The van der Waals surface area contributed by atoms with E-state index in [2.05, 4.69) is 36.1 Å². The minimum Gasteiger partial charge on any atom is -0.368 e. The van der Waals surface area contributed by atoms with Gasteiger partial charge in [-0.2, -0.15) is 9.49 Å². The van der Waals surface area contributed by atoms with Gasteiger partial charge in [-0.15, -0.1) is 0 Å². The first-order valence-corrected chi connectivity index (χ1v) is 7.83. The number of aromatic amines is 1. The van der Waals surface area contributed by atoms with Crippen LogP contribution in [0.1, 0.15) is 25.5 Å². The largest absolute Gasteiger partial charge is 0.368 e. The molecule has 9 heteroatoms. The van der Waals surface area contributed by atoms with Crippen LogP contribution in [-0.4, -0.2) is 32.7 Å². The van der Waals surface area contributed by atoms with Crippen LogP contribution in [0.4, 0.5) is 20.8 Å². The second-order valence-electron chi connectivity index (χ2n) is 5.45. The number of carbonyl (C=O) groups is 1. The smallest absolute Gasteiger partial charge is 0.320 e. The number of fused-ring (bicyclic) bond motifs is 1. The number of anilines is 2. The molecular formula is C16H18FN7O. The van der Waals surface area contributed by atoms with Gasteiger partial charge in [-0.3, -0.25) is 10.4 Å². The Morgan fingerprint density at radius 1 is 1.32 bits per heavy atom. The fraction of sp³-hybridized carbons (Fsp3) is 0.250. The summed E-state index contributed by atoms with van der Waals surface area (Å²) in [4.78, 5) is 19.9. The van der Waals surface area contributed by atoms with Crippen LogP contribution in [0, 0.1) is 5.95 Å². The van der Waals surface area contributed by atoms with Crippen LogP contribution in [0.3, 0.4) is 0 Å². The zero-order valence-electron chi connectivity index (χ0n) is 13.8. The maximum absolute atomic E-state index is 12.8. The number of rotatable bonds is 5. The molecule has 3 aromatic rings. The van der Waals surface area contributed by atoms with E-state index in [0.717, 1.165) is 23.3 Å². The fourth-order valence-electron chi connectivity index (χ4n) is 2.36. The first kappa shape index (κ1) is 16.6. The molecule has 0 aliphatic heterocycles. The summed E-state index contributed by atoms with van der Waals surface area (Å²) >= 11 is 0. The third-order valence-corrected chi connectivity index (χ3v) is 3.63. The third-order valence-electron chi connectivity index (χ3n) is 3.63. The molecule has 0 spiro atoms. The number of urea groups is 1. The number of nitrogens with one attached hydrogen (secondary N) is 4. The SMILES string of the molecule is CCNc1n[nH]c2cc(NC(=O)NC(C)c3ccc(F)nc3)ncc12. The summed E-state index contributed by atoms with van der Waals surface area (Å²) in [7, 11) is 0. The van der Waals surface area contributed by atoms with Crippen LogP contribution in [0.25, 0.3) is 10.9 Å². The summed E-state index contributed by atoms with van der Waals surface area (Å²) in [6.45, 7) is 4.51. The molecule has 3 heterocycles. The number of H-pyrrole nitrogens is 1. The minimum absolute atomic E-state index is 0.329. The van der Waals surface area contributed by atoms with Gasteiger partial charge >= 0.3 is 6.03 Å². The molecule has 25 heavy (non-hydrogen) atoms. The van der Waals surface area contributed by atoms with Crippen molar-refractivity contribution in [2.24, 2.45) is 0 Å². The number of hydrogen-bond donors (Lipinski definition) is 4. The number of hydrogen-bond acceptors (Lipinski definition) is 5. The number of carbonyl (C=O) groups excluding carboxylic acids is 1. The van der Waals surface area contributed by atoms with Gasteiger partial charge in [-0.05, 0) is 25.5 Å². The van der Waals surface area contributed by atoms with Crippen molar-refractivity contribution in [1.29, 1.82) is 0 Å². The Morgan fingerprint density at radius 2 is 2.16 bits per heavy atom. The lowest BCUT2D eigenvalue weighted by atomic mass is 10.1. The first-order valence-electron chi connectivity index (χ1n) is 7.83. The van der Waals surface area contributed by atoms with Gasteiger partial charge in [0.05, 0.1) is 16.9 Å². The molecule has 1 atom stereocenters. The summed E-state index contributed by atoms with van der Waals surface area (Å²) in [5.74, 6) is 0.550. The molecule has 0 aliphatic carbocycles. The van der Waals surface area contributed by atoms with Crippen molar-refractivity contribution in [2.75, 3.05) is 17.2 Å². The van der Waals surface area contributed by atoms with E-state index in [9.17, 15) is 9.18 Å². The number of aromatic nitrogens is 4. The Balaban J connectivity index is 1.66. The molecule has 0 fully saturated rings. The van der Waals surface area contributed by atoms with E-state index in [1.54, 1.807) is 25.3 Å². The topological polar surface area (TPSA) is 108 Å². The summed E-state index contributed by atoms with van der Waals surface area (Å²) in [6, 6.07) is 3.78. The van der Waals surface area contributed by atoms with Gasteiger partial charge < -0.3 is 10.6 Å². The molecule has 130 valence electrons.